The number of aromatic nitrogens is 4. The van der Waals surface area contributed by atoms with Crippen molar-refractivity contribution in [3.05, 3.63) is 11.6 Å². The van der Waals surface area contributed by atoms with Gasteiger partial charge in [-0.1, -0.05) is 0 Å². The summed E-state index contributed by atoms with van der Waals surface area (Å²) < 4.78 is 5.29. The molecule has 83 valence electrons. The Morgan fingerprint density at radius 1 is 1.31 bits per heavy atom. The first-order valence-electron chi connectivity index (χ1n) is 4.96. The lowest BCUT2D eigenvalue weighted by Crippen LogP contribution is -2.37. The molecular formula is C9H9ClN5O. The van der Waals surface area contributed by atoms with E-state index < -0.39 is 0 Å². The second-order valence-electron chi connectivity index (χ2n) is 3.46. The Morgan fingerprint density at radius 2 is 2.12 bits per heavy atom. The number of rotatable bonds is 1. The molecule has 0 aliphatic carbocycles. The van der Waals surface area contributed by atoms with Crippen molar-refractivity contribution in [3.63, 3.8) is 0 Å². The number of halogens is 1. The Bertz CT molecular complexity index is 508. The van der Waals surface area contributed by atoms with Crippen molar-refractivity contribution in [2.75, 3.05) is 31.2 Å². The standard InChI is InChI=1S/C9H9ClN5O/c10-9-13-7-6(11-5-12-7)8(14-9)15-1-3-16-4-2-15/h1-4H2,(H,11,12,13,14). The van der Waals surface area contributed by atoms with Crippen LogP contribution in [0.5, 0.6) is 0 Å². The molecule has 0 saturated carbocycles. The molecule has 0 spiro atoms. The summed E-state index contributed by atoms with van der Waals surface area (Å²) in [5, 5.41) is 0.214. The van der Waals surface area contributed by atoms with E-state index in [-0.39, 0.29) is 5.28 Å². The minimum atomic E-state index is 0.214. The molecule has 16 heavy (non-hydrogen) atoms. The molecule has 0 amide bonds. The maximum atomic E-state index is 5.86. The minimum Gasteiger partial charge on any atom is -0.378 e. The third-order valence-corrected chi connectivity index (χ3v) is 2.66. The molecule has 1 fully saturated rings. The van der Waals surface area contributed by atoms with E-state index in [1.807, 2.05) is 0 Å². The molecule has 6 nitrogen and oxygen atoms in total. The second-order valence-corrected chi connectivity index (χ2v) is 3.80. The fourth-order valence-corrected chi connectivity index (χ4v) is 1.90. The number of morpholine rings is 1. The van der Waals surface area contributed by atoms with E-state index in [9.17, 15) is 0 Å². The summed E-state index contributed by atoms with van der Waals surface area (Å²) in [6.07, 6.45) is 2.65. The maximum Gasteiger partial charge on any atom is 0.226 e. The lowest BCUT2D eigenvalue weighted by molar-refractivity contribution is 0.122. The largest absolute Gasteiger partial charge is 0.378 e. The van der Waals surface area contributed by atoms with Crippen LogP contribution >= 0.6 is 11.6 Å². The number of ether oxygens (including phenoxy) is 1. The molecule has 1 aliphatic heterocycles. The fourth-order valence-electron chi connectivity index (χ4n) is 1.74. The van der Waals surface area contributed by atoms with Gasteiger partial charge in [-0.05, 0) is 11.6 Å². The number of nitrogens with zero attached hydrogens (tertiary/aromatic N) is 4. The van der Waals surface area contributed by atoms with Gasteiger partial charge in [-0.15, -0.1) is 0 Å². The van der Waals surface area contributed by atoms with Gasteiger partial charge in [0.15, 0.2) is 23.3 Å². The Balaban J connectivity index is 2.09. The lowest BCUT2D eigenvalue weighted by atomic mass is 10.4. The predicted molar refractivity (Wildman–Crippen MR) is 58.6 cm³/mol. The van der Waals surface area contributed by atoms with Gasteiger partial charge in [0, 0.05) is 13.1 Å². The van der Waals surface area contributed by atoms with E-state index >= 15 is 0 Å². The molecule has 0 unspecified atom stereocenters. The highest BCUT2D eigenvalue weighted by Gasteiger charge is 2.18. The fraction of sp³-hybridized carbons (Fsp3) is 0.444. The number of H-pyrrole nitrogens is 1. The molecule has 2 aromatic heterocycles. The zero-order valence-electron chi connectivity index (χ0n) is 8.40. The molecule has 2 aromatic rings. The van der Waals surface area contributed by atoms with Gasteiger partial charge in [0.25, 0.3) is 0 Å². The van der Waals surface area contributed by atoms with Crippen LogP contribution in [0.1, 0.15) is 0 Å². The second kappa shape index (κ2) is 3.88. The summed E-state index contributed by atoms with van der Waals surface area (Å²) in [7, 11) is 0. The van der Waals surface area contributed by atoms with Crippen molar-refractivity contribution in [1.82, 2.24) is 19.9 Å². The van der Waals surface area contributed by atoms with E-state index in [2.05, 4.69) is 31.2 Å². The zero-order valence-corrected chi connectivity index (χ0v) is 9.16. The van der Waals surface area contributed by atoms with Crippen LogP contribution in [0.4, 0.5) is 5.82 Å². The van der Waals surface area contributed by atoms with Crippen LogP contribution in [0.2, 0.25) is 5.28 Å². The molecule has 7 heteroatoms. The van der Waals surface area contributed by atoms with Crippen LogP contribution < -0.4 is 4.90 Å². The summed E-state index contributed by atoms with van der Waals surface area (Å²) in [6, 6.07) is 0. The molecule has 3 heterocycles. The predicted octanol–water partition coefficient (Wildman–Crippen LogP) is 0.643. The molecule has 1 aliphatic rings. The normalized spacial score (nSPS) is 16.9. The van der Waals surface area contributed by atoms with Gasteiger partial charge in [0.2, 0.25) is 5.28 Å². The SMILES string of the molecule is Clc1nc(N2CCOCC2)c2n[c][nH]c2n1. The zero-order chi connectivity index (χ0) is 11.0. The average molecular weight is 239 g/mol. The molecule has 1 saturated heterocycles. The minimum absolute atomic E-state index is 0.214. The lowest BCUT2D eigenvalue weighted by Gasteiger charge is -2.27. The van der Waals surface area contributed by atoms with Gasteiger partial charge >= 0.3 is 0 Å². The van der Waals surface area contributed by atoms with Gasteiger partial charge in [0.1, 0.15) is 0 Å². The topological polar surface area (TPSA) is 66.9 Å². The van der Waals surface area contributed by atoms with E-state index in [1.165, 1.54) is 0 Å². The van der Waals surface area contributed by atoms with Gasteiger partial charge in [-0.25, -0.2) is 4.98 Å². The van der Waals surface area contributed by atoms with E-state index in [0.717, 1.165) is 18.9 Å². The Morgan fingerprint density at radius 3 is 2.94 bits per heavy atom. The molecule has 3 rings (SSSR count). The highest BCUT2D eigenvalue weighted by Crippen LogP contribution is 2.22. The molecule has 0 bridgehead atoms. The van der Waals surface area contributed by atoms with Gasteiger partial charge in [-0.3, -0.25) is 0 Å². The molecule has 0 aromatic carbocycles. The third kappa shape index (κ3) is 1.60. The number of anilines is 1. The van der Waals surface area contributed by atoms with Crippen LogP contribution in [0.25, 0.3) is 11.2 Å². The quantitative estimate of drug-likeness (QED) is 0.739. The van der Waals surface area contributed by atoms with Crippen molar-refractivity contribution >= 4 is 28.6 Å². The van der Waals surface area contributed by atoms with Crippen molar-refractivity contribution in [3.8, 4) is 0 Å². The number of hydrogen-bond acceptors (Lipinski definition) is 5. The average Bonchev–Trinajstić information content (AvgIpc) is 2.77. The van der Waals surface area contributed by atoms with Crippen molar-refractivity contribution in [1.29, 1.82) is 0 Å². The van der Waals surface area contributed by atoms with Crippen LogP contribution in [0, 0.1) is 6.33 Å². The molecular weight excluding hydrogens is 230 g/mol. The van der Waals surface area contributed by atoms with Gasteiger partial charge in [0.05, 0.1) is 13.2 Å². The summed E-state index contributed by atoms with van der Waals surface area (Å²) in [6.45, 7) is 2.96. The highest BCUT2D eigenvalue weighted by atomic mass is 35.5. The number of fused-ring (bicyclic) bond motifs is 1. The van der Waals surface area contributed by atoms with Gasteiger partial charge in [-0.2, -0.15) is 9.97 Å². The molecule has 0 atom stereocenters. The number of imidazole rings is 1. The van der Waals surface area contributed by atoms with Crippen LogP contribution in [-0.2, 0) is 4.74 Å². The van der Waals surface area contributed by atoms with Crippen molar-refractivity contribution < 1.29 is 4.74 Å². The summed E-state index contributed by atoms with van der Waals surface area (Å²) in [5.74, 6) is 0.746. The summed E-state index contributed by atoms with van der Waals surface area (Å²) >= 11 is 5.86. The van der Waals surface area contributed by atoms with E-state index in [4.69, 9.17) is 16.3 Å². The summed E-state index contributed by atoms with van der Waals surface area (Å²) in [4.78, 5) is 17.2. The van der Waals surface area contributed by atoms with Crippen LogP contribution in [0.3, 0.4) is 0 Å². The first-order chi connectivity index (χ1) is 7.84. The van der Waals surface area contributed by atoms with Crippen molar-refractivity contribution in [2.45, 2.75) is 0 Å². The number of hydrogen-bond donors (Lipinski definition) is 1. The van der Waals surface area contributed by atoms with Gasteiger partial charge < -0.3 is 14.6 Å². The number of aromatic amines is 1. The van der Waals surface area contributed by atoms with Crippen LogP contribution in [-0.4, -0.2) is 46.2 Å². The Labute approximate surface area is 96.6 Å². The Hall–Kier alpha value is -1.40. The molecule has 1 radical (unpaired) electrons. The first kappa shape index (κ1) is 9.80. The smallest absolute Gasteiger partial charge is 0.226 e. The Kier molecular flexibility index (Phi) is 2.37. The van der Waals surface area contributed by atoms with E-state index in [0.29, 0.717) is 24.4 Å². The highest BCUT2D eigenvalue weighted by molar-refractivity contribution is 6.28. The summed E-state index contributed by atoms with van der Waals surface area (Å²) in [5.41, 5.74) is 1.31. The van der Waals surface area contributed by atoms with Crippen LogP contribution in [0.15, 0.2) is 0 Å². The monoisotopic (exact) mass is 238 g/mol. The van der Waals surface area contributed by atoms with E-state index in [1.54, 1.807) is 0 Å². The maximum absolute atomic E-state index is 5.86. The molecule has 1 N–H and O–H groups in total. The third-order valence-electron chi connectivity index (χ3n) is 2.49. The number of nitrogens with one attached hydrogen (secondary N) is 1. The first-order valence-corrected chi connectivity index (χ1v) is 5.34. The van der Waals surface area contributed by atoms with Crippen molar-refractivity contribution in [2.24, 2.45) is 0 Å².